The van der Waals surface area contributed by atoms with Crippen LogP contribution in [0.3, 0.4) is 0 Å². The van der Waals surface area contributed by atoms with Crippen molar-refractivity contribution in [3.63, 3.8) is 0 Å². The number of urea groups is 1. The smallest absolute Gasteiger partial charge is 0.319 e. The molecule has 0 saturated carbocycles. The third-order valence-electron chi connectivity index (χ3n) is 1.87. The molecule has 1 saturated heterocycles. The van der Waals surface area contributed by atoms with Gasteiger partial charge in [-0.3, -0.25) is 4.90 Å². The molecule has 1 rings (SSSR count). The average molecular weight is 186 g/mol. The molecule has 1 fully saturated rings. The van der Waals surface area contributed by atoms with E-state index < -0.39 is 0 Å². The Kier molecular flexibility index (Phi) is 2.81. The van der Waals surface area contributed by atoms with Crippen LogP contribution in [0.4, 0.5) is 4.79 Å². The number of hydrogen-bond acceptors (Lipinski definition) is 2. The first-order valence-corrected chi connectivity index (χ1v) is 4.60. The summed E-state index contributed by atoms with van der Waals surface area (Å²) in [6, 6.07) is -0.0440. The molecule has 1 atom stereocenters. The first-order chi connectivity index (χ1) is 5.90. The van der Waals surface area contributed by atoms with Crippen molar-refractivity contribution in [2.75, 3.05) is 13.2 Å². The Balaban J connectivity index is 2.48. The van der Waals surface area contributed by atoms with Gasteiger partial charge in [0.2, 0.25) is 0 Å². The van der Waals surface area contributed by atoms with Gasteiger partial charge in [-0.15, -0.1) is 0 Å². The molecule has 0 radical (unpaired) electrons. The van der Waals surface area contributed by atoms with Crippen LogP contribution in [0, 0.1) is 0 Å². The van der Waals surface area contributed by atoms with Crippen molar-refractivity contribution in [1.29, 1.82) is 0 Å². The van der Waals surface area contributed by atoms with Crippen LogP contribution in [0.15, 0.2) is 0 Å². The van der Waals surface area contributed by atoms with Gasteiger partial charge in [-0.1, -0.05) is 0 Å². The van der Waals surface area contributed by atoms with Gasteiger partial charge in [0.25, 0.3) is 0 Å². The number of hydrogen-bond donors (Lipinski definition) is 1. The largest absolute Gasteiger partial charge is 0.357 e. The third kappa shape index (κ3) is 2.88. The van der Waals surface area contributed by atoms with Gasteiger partial charge in [0.15, 0.2) is 0 Å². The SMILES string of the molecule is CC1OCCN1C(=O)NC(C)(C)C. The maximum atomic E-state index is 11.6. The van der Waals surface area contributed by atoms with Crippen LogP contribution < -0.4 is 5.32 Å². The molecule has 1 aliphatic heterocycles. The van der Waals surface area contributed by atoms with Gasteiger partial charge in [0.1, 0.15) is 6.23 Å². The second kappa shape index (κ2) is 3.54. The van der Waals surface area contributed by atoms with E-state index in [1.165, 1.54) is 0 Å². The number of ether oxygens (including phenoxy) is 1. The molecule has 0 aromatic rings. The fourth-order valence-electron chi connectivity index (χ4n) is 1.25. The molecule has 4 nitrogen and oxygen atoms in total. The van der Waals surface area contributed by atoms with E-state index in [0.29, 0.717) is 13.2 Å². The van der Waals surface area contributed by atoms with Crippen molar-refractivity contribution in [2.24, 2.45) is 0 Å². The minimum Gasteiger partial charge on any atom is -0.357 e. The van der Waals surface area contributed by atoms with Gasteiger partial charge in [-0.2, -0.15) is 0 Å². The quantitative estimate of drug-likeness (QED) is 0.617. The Morgan fingerprint density at radius 1 is 1.54 bits per heavy atom. The summed E-state index contributed by atoms with van der Waals surface area (Å²) in [4.78, 5) is 13.3. The first-order valence-electron chi connectivity index (χ1n) is 4.60. The van der Waals surface area contributed by atoms with E-state index in [4.69, 9.17) is 4.74 Å². The van der Waals surface area contributed by atoms with Gasteiger partial charge < -0.3 is 10.1 Å². The van der Waals surface area contributed by atoms with Gasteiger partial charge >= 0.3 is 6.03 Å². The summed E-state index contributed by atoms with van der Waals surface area (Å²) in [6.45, 7) is 9.10. The van der Waals surface area contributed by atoms with E-state index in [2.05, 4.69) is 5.32 Å². The third-order valence-corrected chi connectivity index (χ3v) is 1.87. The molecule has 1 heterocycles. The molecule has 76 valence electrons. The summed E-state index contributed by atoms with van der Waals surface area (Å²) in [5.41, 5.74) is -0.181. The van der Waals surface area contributed by atoms with Crippen molar-refractivity contribution < 1.29 is 9.53 Å². The van der Waals surface area contributed by atoms with Crippen LogP contribution in [0.25, 0.3) is 0 Å². The van der Waals surface area contributed by atoms with Crippen LogP contribution in [0.1, 0.15) is 27.7 Å². The molecule has 0 aromatic carbocycles. The van der Waals surface area contributed by atoms with Gasteiger partial charge in [-0.25, -0.2) is 4.79 Å². The van der Waals surface area contributed by atoms with Crippen molar-refractivity contribution >= 4 is 6.03 Å². The van der Waals surface area contributed by atoms with E-state index in [0.717, 1.165) is 0 Å². The lowest BCUT2D eigenvalue weighted by molar-refractivity contribution is 0.0632. The second-order valence-corrected chi connectivity index (χ2v) is 4.34. The minimum absolute atomic E-state index is 0.0440. The fraction of sp³-hybridized carbons (Fsp3) is 0.889. The predicted octanol–water partition coefficient (Wildman–Crippen LogP) is 1.17. The monoisotopic (exact) mass is 186 g/mol. The Bertz CT molecular complexity index is 198. The van der Waals surface area contributed by atoms with Crippen molar-refractivity contribution in [1.82, 2.24) is 10.2 Å². The zero-order chi connectivity index (χ0) is 10.1. The lowest BCUT2D eigenvalue weighted by Gasteiger charge is -2.26. The van der Waals surface area contributed by atoms with E-state index in [1.807, 2.05) is 27.7 Å². The number of carbonyl (C=O) groups excluding carboxylic acids is 1. The van der Waals surface area contributed by atoms with E-state index in [9.17, 15) is 4.79 Å². The Morgan fingerprint density at radius 3 is 2.54 bits per heavy atom. The summed E-state index contributed by atoms with van der Waals surface area (Å²) in [7, 11) is 0. The predicted molar refractivity (Wildman–Crippen MR) is 50.4 cm³/mol. The van der Waals surface area contributed by atoms with Crippen LogP contribution >= 0.6 is 0 Å². The minimum atomic E-state index is -0.181. The van der Waals surface area contributed by atoms with E-state index in [1.54, 1.807) is 4.90 Å². The Morgan fingerprint density at radius 2 is 2.15 bits per heavy atom. The van der Waals surface area contributed by atoms with Crippen molar-refractivity contribution in [3.8, 4) is 0 Å². The molecule has 4 heteroatoms. The number of rotatable bonds is 0. The highest BCUT2D eigenvalue weighted by atomic mass is 16.5. The summed E-state index contributed by atoms with van der Waals surface area (Å²) < 4.78 is 5.27. The molecule has 2 amide bonds. The van der Waals surface area contributed by atoms with E-state index >= 15 is 0 Å². The Hall–Kier alpha value is -0.770. The number of amides is 2. The summed E-state index contributed by atoms with van der Waals surface area (Å²) in [6.07, 6.45) is -0.0950. The molecule has 1 aliphatic rings. The summed E-state index contributed by atoms with van der Waals surface area (Å²) >= 11 is 0. The number of nitrogens with zero attached hydrogens (tertiary/aromatic N) is 1. The Labute approximate surface area is 79.2 Å². The molecule has 13 heavy (non-hydrogen) atoms. The summed E-state index contributed by atoms with van der Waals surface area (Å²) in [5.74, 6) is 0. The molecular weight excluding hydrogens is 168 g/mol. The number of carbonyl (C=O) groups is 1. The highest BCUT2D eigenvalue weighted by molar-refractivity contribution is 5.75. The van der Waals surface area contributed by atoms with Gasteiger partial charge in [0, 0.05) is 12.1 Å². The lowest BCUT2D eigenvalue weighted by Crippen LogP contribution is -2.49. The first kappa shape index (κ1) is 10.3. The van der Waals surface area contributed by atoms with Gasteiger partial charge in [-0.05, 0) is 27.7 Å². The van der Waals surface area contributed by atoms with Crippen LogP contribution in [0.5, 0.6) is 0 Å². The fourth-order valence-corrected chi connectivity index (χ4v) is 1.25. The van der Waals surface area contributed by atoms with Crippen LogP contribution in [-0.2, 0) is 4.74 Å². The van der Waals surface area contributed by atoms with Crippen molar-refractivity contribution in [3.05, 3.63) is 0 Å². The number of nitrogens with one attached hydrogen (secondary N) is 1. The molecule has 0 aromatic heterocycles. The molecular formula is C9H18N2O2. The standard InChI is InChI=1S/C9H18N2O2/c1-7-11(5-6-13-7)8(12)10-9(2,3)4/h7H,5-6H2,1-4H3,(H,10,12). The maximum Gasteiger partial charge on any atom is 0.319 e. The molecule has 0 aliphatic carbocycles. The highest BCUT2D eigenvalue weighted by Gasteiger charge is 2.27. The summed E-state index contributed by atoms with van der Waals surface area (Å²) in [5, 5.41) is 2.90. The zero-order valence-electron chi connectivity index (χ0n) is 8.76. The zero-order valence-corrected chi connectivity index (χ0v) is 8.76. The van der Waals surface area contributed by atoms with Crippen LogP contribution in [0.2, 0.25) is 0 Å². The second-order valence-electron chi connectivity index (χ2n) is 4.34. The maximum absolute atomic E-state index is 11.6. The molecule has 0 spiro atoms. The lowest BCUT2D eigenvalue weighted by atomic mass is 10.1. The van der Waals surface area contributed by atoms with E-state index in [-0.39, 0.29) is 17.8 Å². The normalized spacial score (nSPS) is 23.4. The topological polar surface area (TPSA) is 41.6 Å². The molecule has 1 N–H and O–H groups in total. The van der Waals surface area contributed by atoms with Crippen LogP contribution in [-0.4, -0.2) is 35.8 Å². The van der Waals surface area contributed by atoms with Crippen molar-refractivity contribution in [2.45, 2.75) is 39.5 Å². The average Bonchev–Trinajstić information content (AvgIpc) is 2.30. The van der Waals surface area contributed by atoms with Gasteiger partial charge in [0.05, 0.1) is 6.61 Å². The molecule has 1 unspecified atom stereocenters. The molecule has 0 bridgehead atoms. The highest BCUT2D eigenvalue weighted by Crippen LogP contribution is 2.10.